The Morgan fingerprint density at radius 2 is 2.14 bits per heavy atom. The van der Waals surface area contributed by atoms with Gasteiger partial charge in [-0.1, -0.05) is 24.3 Å². The van der Waals surface area contributed by atoms with Crippen LogP contribution in [0.3, 0.4) is 0 Å². The summed E-state index contributed by atoms with van der Waals surface area (Å²) in [6.45, 7) is 1.40. The first-order valence-electron chi connectivity index (χ1n) is 7.48. The van der Waals surface area contributed by atoms with Crippen LogP contribution < -0.4 is 0 Å². The molecule has 4 heteroatoms. The van der Waals surface area contributed by atoms with E-state index in [0.29, 0.717) is 13.2 Å². The van der Waals surface area contributed by atoms with Crippen LogP contribution in [-0.2, 0) is 24.4 Å². The highest BCUT2D eigenvalue weighted by atomic mass is 16.5. The molecule has 0 aliphatic carbocycles. The number of benzene rings is 1. The van der Waals surface area contributed by atoms with Gasteiger partial charge in [-0.2, -0.15) is 0 Å². The van der Waals surface area contributed by atoms with Crippen LogP contribution in [0.15, 0.2) is 55.1 Å². The van der Waals surface area contributed by atoms with Crippen molar-refractivity contribution in [3.05, 3.63) is 83.2 Å². The quantitative estimate of drug-likeness (QED) is 0.803. The van der Waals surface area contributed by atoms with Crippen LogP contribution in [0, 0.1) is 0 Å². The molecular formula is C18H17N3O. The molecule has 0 spiro atoms. The molecule has 4 nitrogen and oxygen atoms in total. The number of fused-ring (bicyclic) bond motifs is 1. The summed E-state index contributed by atoms with van der Waals surface area (Å²) in [4.78, 5) is 11.9. The Hall–Kier alpha value is -2.46. The standard InChI is InChI=1S/C18H17N3O/c1-2-7-20-14(5-1)8-16(18-9-19-12-21-18)15-6-3-4-13-10-22-11-17(13)15/h1-7,9,12,16H,8,10-11H2,(H,19,21)/t16-/m0/s1. The zero-order valence-corrected chi connectivity index (χ0v) is 12.2. The van der Waals surface area contributed by atoms with Gasteiger partial charge in [-0.05, 0) is 28.8 Å². The molecule has 0 fully saturated rings. The Bertz CT molecular complexity index is 753. The van der Waals surface area contributed by atoms with Crippen molar-refractivity contribution in [3.8, 4) is 0 Å². The summed E-state index contributed by atoms with van der Waals surface area (Å²) in [6.07, 6.45) is 6.33. The number of pyridine rings is 1. The number of hydrogen-bond donors (Lipinski definition) is 1. The molecule has 3 aromatic rings. The third-order valence-corrected chi connectivity index (χ3v) is 4.22. The average Bonchev–Trinajstić information content (AvgIpc) is 3.24. The largest absolute Gasteiger partial charge is 0.372 e. The van der Waals surface area contributed by atoms with Crippen molar-refractivity contribution in [1.82, 2.24) is 15.0 Å². The second-order valence-corrected chi connectivity index (χ2v) is 5.56. The van der Waals surface area contributed by atoms with Crippen LogP contribution in [0.1, 0.15) is 34.0 Å². The van der Waals surface area contributed by atoms with E-state index in [1.165, 1.54) is 16.7 Å². The van der Waals surface area contributed by atoms with E-state index in [1.54, 1.807) is 6.33 Å². The van der Waals surface area contributed by atoms with Crippen molar-refractivity contribution in [1.29, 1.82) is 0 Å². The van der Waals surface area contributed by atoms with E-state index in [9.17, 15) is 0 Å². The Morgan fingerprint density at radius 3 is 2.95 bits per heavy atom. The van der Waals surface area contributed by atoms with E-state index in [-0.39, 0.29) is 5.92 Å². The van der Waals surface area contributed by atoms with Crippen molar-refractivity contribution in [2.75, 3.05) is 0 Å². The minimum absolute atomic E-state index is 0.217. The van der Waals surface area contributed by atoms with Gasteiger partial charge >= 0.3 is 0 Å². The van der Waals surface area contributed by atoms with Crippen molar-refractivity contribution < 1.29 is 4.74 Å². The van der Waals surface area contributed by atoms with Gasteiger partial charge in [-0.15, -0.1) is 0 Å². The average molecular weight is 291 g/mol. The summed E-state index contributed by atoms with van der Waals surface area (Å²) in [5.74, 6) is 0.217. The van der Waals surface area contributed by atoms with Crippen molar-refractivity contribution >= 4 is 0 Å². The molecule has 0 bridgehead atoms. The third-order valence-electron chi connectivity index (χ3n) is 4.22. The van der Waals surface area contributed by atoms with Crippen LogP contribution in [-0.4, -0.2) is 15.0 Å². The summed E-state index contributed by atoms with van der Waals surface area (Å²) in [5.41, 5.74) is 6.12. The monoisotopic (exact) mass is 291 g/mol. The molecule has 1 aliphatic heterocycles. The lowest BCUT2D eigenvalue weighted by molar-refractivity contribution is 0.134. The van der Waals surface area contributed by atoms with Gasteiger partial charge in [-0.3, -0.25) is 4.98 Å². The SMILES string of the molecule is c1ccc(C[C@H](c2cnc[nH]2)c2cccc3c2COC3)nc1. The maximum Gasteiger partial charge on any atom is 0.0921 e. The zero-order valence-electron chi connectivity index (χ0n) is 12.2. The molecule has 1 aromatic carbocycles. The number of H-pyrrole nitrogens is 1. The van der Waals surface area contributed by atoms with Crippen LogP contribution in [0.4, 0.5) is 0 Å². The second-order valence-electron chi connectivity index (χ2n) is 5.56. The molecule has 2 aromatic heterocycles. The highest BCUT2D eigenvalue weighted by molar-refractivity contribution is 5.42. The molecule has 0 saturated carbocycles. The van der Waals surface area contributed by atoms with Gasteiger partial charge in [0, 0.05) is 36.1 Å². The van der Waals surface area contributed by atoms with Crippen LogP contribution in [0.5, 0.6) is 0 Å². The molecule has 1 N–H and O–H groups in total. The zero-order chi connectivity index (χ0) is 14.8. The van der Waals surface area contributed by atoms with Crippen molar-refractivity contribution in [3.63, 3.8) is 0 Å². The van der Waals surface area contributed by atoms with Gasteiger partial charge in [-0.25, -0.2) is 4.98 Å². The molecule has 1 aliphatic rings. The molecule has 0 saturated heterocycles. The molecule has 0 unspecified atom stereocenters. The molecule has 0 radical (unpaired) electrons. The number of aromatic nitrogens is 3. The van der Waals surface area contributed by atoms with Gasteiger partial charge in [0.1, 0.15) is 0 Å². The molecule has 1 atom stereocenters. The van der Waals surface area contributed by atoms with E-state index < -0.39 is 0 Å². The second kappa shape index (κ2) is 5.73. The first kappa shape index (κ1) is 13.2. The van der Waals surface area contributed by atoms with E-state index in [1.807, 2.05) is 24.5 Å². The number of hydrogen-bond acceptors (Lipinski definition) is 3. The fourth-order valence-electron chi connectivity index (χ4n) is 3.13. The predicted molar refractivity (Wildman–Crippen MR) is 83.3 cm³/mol. The molecule has 4 rings (SSSR count). The van der Waals surface area contributed by atoms with Gasteiger partial charge in [0.05, 0.1) is 19.5 Å². The normalized spacial score (nSPS) is 14.7. The molecule has 0 amide bonds. The first-order valence-corrected chi connectivity index (χ1v) is 7.48. The number of nitrogens with zero attached hydrogens (tertiary/aromatic N) is 2. The fraction of sp³-hybridized carbons (Fsp3) is 0.222. The van der Waals surface area contributed by atoms with E-state index in [0.717, 1.165) is 17.8 Å². The minimum Gasteiger partial charge on any atom is -0.372 e. The highest BCUT2D eigenvalue weighted by Crippen LogP contribution is 2.33. The van der Waals surface area contributed by atoms with Gasteiger partial charge < -0.3 is 9.72 Å². The lowest BCUT2D eigenvalue weighted by Crippen LogP contribution is -2.09. The first-order chi connectivity index (χ1) is 10.9. The number of rotatable bonds is 4. The number of ether oxygens (including phenoxy) is 1. The maximum atomic E-state index is 5.63. The molecular weight excluding hydrogens is 274 g/mol. The van der Waals surface area contributed by atoms with E-state index in [4.69, 9.17) is 4.74 Å². The Labute approximate surface area is 129 Å². The number of nitrogens with one attached hydrogen (secondary N) is 1. The van der Waals surface area contributed by atoms with Crippen molar-refractivity contribution in [2.24, 2.45) is 0 Å². The number of imidazole rings is 1. The summed E-state index contributed by atoms with van der Waals surface area (Å²) in [6, 6.07) is 12.5. The summed E-state index contributed by atoms with van der Waals surface area (Å²) in [5, 5.41) is 0. The van der Waals surface area contributed by atoms with Gasteiger partial charge in [0.2, 0.25) is 0 Å². The van der Waals surface area contributed by atoms with Crippen LogP contribution in [0.2, 0.25) is 0 Å². The lowest BCUT2D eigenvalue weighted by Gasteiger charge is -2.18. The third kappa shape index (κ3) is 2.42. The van der Waals surface area contributed by atoms with Crippen LogP contribution >= 0.6 is 0 Å². The smallest absolute Gasteiger partial charge is 0.0921 e. The topological polar surface area (TPSA) is 50.8 Å². The predicted octanol–water partition coefficient (Wildman–Crippen LogP) is 3.21. The summed E-state index contributed by atoms with van der Waals surface area (Å²) >= 11 is 0. The summed E-state index contributed by atoms with van der Waals surface area (Å²) in [7, 11) is 0. The maximum absolute atomic E-state index is 5.63. The van der Waals surface area contributed by atoms with Crippen molar-refractivity contribution in [2.45, 2.75) is 25.6 Å². The Morgan fingerprint density at radius 1 is 1.14 bits per heavy atom. The number of aromatic amines is 1. The highest BCUT2D eigenvalue weighted by Gasteiger charge is 2.23. The van der Waals surface area contributed by atoms with E-state index >= 15 is 0 Å². The van der Waals surface area contributed by atoms with Gasteiger partial charge in [0.25, 0.3) is 0 Å². The Kier molecular flexibility index (Phi) is 3.45. The van der Waals surface area contributed by atoms with E-state index in [2.05, 4.69) is 39.2 Å². The molecule has 3 heterocycles. The fourth-order valence-corrected chi connectivity index (χ4v) is 3.13. The van der Waals surface area contributed by atoms with Crippen LogP contribution in [0.25, 0.3) is 0 Å². The Balaban J connectivity index is 1.77. The molecule has 22 heavy (non-hydrogen) atoms. The minimum atomic E-state index is 0.217. The lowest BCUT2D eigenvalue weighted by atomic mass is 9.87. The molecule has 110 valence electrons. The summed E-state index contributed by atoms with van der Waals surface area (Å²) < 4.78 is 5.63. The van der Waals surface area contributed by atoms with Gasteiger partial charge in [0.15, 0.2) is 0 Å².